The first kappa shape index (κ1) is 36.8. The second kappa shape index (κ2) is 15.5. The lowest BCUT2D eigenvalue weighted by Crippen LogP contribution is -2.67. The topological polar surface area (TPSA) is 137 Å². The molecular formula is C38H51FN6O6Si. The first-order valence-electron chi connectivity index (χ1n) is 18.4. The summed E-state index contributed by atoms with van der Waals surface area (Å²) in [6.45, 7) is 7.39. The van der Waals surface area contributed by atoms with Gasteiger partial charge >= 0.3 is 0 Å². The molecule has 2 aromatic heterocycles. The average molecular weight is 735 g/mol. The minimum absolute atomic E-state index is 0.0166. The fourth-order valence-corrected chi connectivity index (χ4v) is 12.4. The lowest BCUT2D eigenvalue weighted by Gasteiger charge is -2.44. The van der Waals surface area contributed by atoms with Crippen LogP contribution in [-0.2, 0) is 28.1 Å². The standard InChI is InChI=1S/C38H51FN6O6Si/c1-37(2,3)52(26-15-7-5-8-16-26,27-17-9-6-10-18-27)49-23-28-32(51-30-20-12-14-22-47-30)38(39,24-48-29-19-11-13-21-46-29)35(50-28)45-25-42-31-33(41-4)43-36(40)44-34(31)45/h5-10,15-18,25,28-30,32,35H,11-14,19-24H2,1-4H3,(H3,40,41,43,44)/t28-,29?,30?,32+,35+,38+/m0/s1. The van der Waals surface area contributed by atoms with Gasteiger partial charge < -0.3 is 39.2 Å². The van der Waals surface area contributed by atoms with E-state index in [9.17, 15) is 0 Å². The zero-order chi connectivity index (χ0) is 36.3. The number of alkyl halides is 1. The summed E-state index contributed by atoms with van der Waals surface area (Å²) in [6, 6.07) is 20.7. The molecule has 4 aromatic rings. The Hall–Kier alpha value is -3.50. The van der Waals surface area contributed by atoms with Crippen molar-refractivity contribution in [2.75, 3.05) is 44.5 Å². The molecule has 0 aliphatic carbocycles. The molecule has 0 radical (unpaired) electrons. The van der Waals surface area contributed by atoms with Crippen LogP contribution in [0, 0.1) is 0 Å². The lowest BCUT2D eigenvalue weighted by molar-refractivity contribution is -0.237. The van der Waals surface area contributed by atoms with Crippen LogP contribution in [0.25, 0.3) is 11.2 Å². The Labute approximate surface area is 305 Å². The molecule has 0 saturated carbocycles. The molecule has 6 atom stereocenters. The van der Waals surface area contributed by atoms with E-state index in [0.29, 0.717) is 43.0 Å². The Bertz CT molecular complexity index is 1730. The van der Waals surface area contributed by atoms with Crippen molar-refractivity contribution in [3.63, 3.8) is 0 Å². The Morgan fingerprint density at radius 2 is 1.58 bits per heavy atom. The summed E-state index contributed by atoms with van der Waals surface area (Å²) in [5, 5.41) is 4.91. The van der Waals surface area contributed by atoms with E-state index in [2.05, 4.69) is 65.3 Å². The van der Waals surface area contributed by atoms with Crippen molar-refractivity contribution in [3.05, 3.63) is 67.0 Å². The van der Waals surface area contributed by atoms with Crippen LogP contribution < -0.4 is 21.4 Å². The maximum atomic E-state index is 18.6. The molecular weight excluding hydrogens is 684 g/mol. The Morgan fingerprint density at radius 3 is 2.15 bits per heavy atom. The number of halogens is 1. The Kier molecular flexibility index (Phi) is 11.0. The molecule has 12 nitrogen and oxygen atoms in total. The van der Waals surface area contributed by atoms with Gasteiger partial charge in [-0.15, -0.1) is 0 Å². The number of nitrogens with zero attached hydrogens (tertiary/aromatic N) is 4. The highest BCUT2D eigenvalue weighted by Gasteiger charge is 2.62. The molecule has 52 heavy (non-hydrogen) atoms. The van der Waals surface area contributed by atoms with Gasteiger partial charge in [0.2, 0.25) is 11.6 Å². The minimum atomic E-state index is -3.05. The van der Waals surface area contributed by atoms with Crippen LogP contribution in [0.2, 0.25) is 5.04 Å². The van der Waals surface area contributed by atoms with Crippen molar-refractivity contribution < 1.29 is 32.5 Å². The zero-order valence-corrected chi connectivity index (χ0v) is 31.5. The van der Waals surface area contributed by atoms with E-state index >= 15 is 4.39 Å². The molecule has 14 heteroatoms. The van der Waals surface area contributed by atoms with Gasteiger partial charge in [-0.2, -0.15) is 9.97 Å². The molecule has 2 aromatic carbocycles. The normalized spacial score (nSPS) is 27.2. The van der Waals surface area contributed by atoms with Gasteiger partial charge in [0, 0.05) is 20.3 Å². The van der Waals surface area contributed by atoms with Gasteiger partial charge in [-0.05, 0) is 53.9 Å². The van der Waals surface area contributed by atoms with Gasteiger partial charge in [-0.25, -0.2) is 9.37 Å². The van der Waals surface area contributed by atoms with E-state index in [-0.39, 0.29) is 24.2 Å². The zero-order valence-electron chi connectivity index (χ0n) is 30.5. The maximum absolute atomic E-state index is 18.6. The maximum Gasteiger partial charge on any atom is 0.261 e. The number of nitrogens with two attached hydrogens (primary N) is 1. The fraction of sp³-hybridized carbons (Fsp3) is 0.553. The third kappa shape index (κ3) is 7.09. The second-order valence-electron chi connectivity index (χ2n) is 14.9. The smallest absolute Gasteiger partial charge is 0.261 e. The number of benzene rings is 2. The van der Waals surface area contributed by atoms with Gasteiger partial charge in [0.25, 0.3) is 8.32 Å². The summed E-state index contributed by atoms with van der Waals surface area (Å²) in [4.78, 5) is 13.3. The first-order valence-corrected chi connectivity index (χ1v) is 20.3. The van der Waals surface area contributed by atoms with E-state index in [0.717, 1.165) is 36.1 Å². The number of hydrogen-bond acceptors (Lipinski definition) is 11. The third-order valence-corrected chi connectivity index (χ3v) is 15.4. The molecule has 3 saturated heterocycles. The molecule has 0 amide bonds. The number of hydrogen-bond donors (Lipinski definition) is 2. The highest BCUT2D eigenvalue weighted by Crippen LogP contribution is 2.47. The number of fused-ring (bicyclic) bond motifs is 1. The highest BCUT2D eigenvalue weighted by atomic mass is 28.4. The Morgan fingerprint density at radius 1 is 0.942 bits per heavy atom. The van der Waals surface area contributed by atoms with Gasteiger partial charge in [0.05, 0.1) is 19.5 Å². The van der Waals surface area contributed by atoms with Crippen LogP contribution in [0.1, 0.15) is 65.5 Å². The number of ether oxygens (including phenoxy) is 5. The van der Waals surface area contributed by atoms with Crippen molar-refractivity contribution in [3.8, 4) is 0 Å². The molecule has 280 valence electrons. The number of rotatable bonds is 12. The summed E-state index contributed by atoms with van der Waals surface area (Å²) >= 11 is 0. The lowest BCUT2D eigenvalue weighted by atomic mass is 9.96. The van der Waals surface area contributed by atoms with Crippen LogP contribution in [0.15, 0.2) is 67.0 Å². The van der Waals surface area contributed by atoms with E-state index < -0.39 is 45.0 Å². The summed E-state index contributed by atoms with van der Waals surface area (Å²) in [5.41, 5.74) is 4.63. The number of nitrogen functional groups attached to an aromatic ring is 1. The van der Waals surface area contributed by atoms with E-state index in [4.69, 9.17) is 33.8 Å². The fourth-order valence-electron chi connectivity index (χ4n) is 7.87. The molecule has 5 heterocycles. The minimum Gasteiger partial charge on any atom is -0.405 e. The Balaban J connectivity index is 1.32. The van der Waals surface area contributed by atoms with Gasteiger partial charge in [0.1, 0.15) is 12.2 Å². The van der Waals surface area contributed by atoms with Crippen LogP contribution in [0.3, 0.4) is 0 Å². The average Bonchev–Trinajstić information content (AvgIpc) is 3.69. The highest BCUT2D eigenvalue weighted by molar-refractivity contribution is 6.99. The molecule has 0 spiro atoms. The van der Waals surface area contributed by atoms with Crippen molar-refractivity contribution in [2.45, 2.75) is 101 Å². The molecule has 3 aliphatic heterocycles. The molecule has 7 rings (SSSR count). The van der Waals surface area contributed by atoms with Crippen molar-refractivity contribution in [1.82, 2.24) is 19.5 Å². The largest absolute Gasteiger partial charge is 0.405 e. The second-order valence-corrected chi connectivity index (χ2v) is 19.2. The van der Waals surface area contributed by atoms with E-state index in [1.807, 2.05) is 36.4 Å². The third-order valence-electron chi connectivity index (χ3n) is 10.4. The van der Waals surface area contributed by atoms with Crippen molar-refractivity contribution in [1.29, 1.82) is 0 Å². The summed E-state index contributed by atoms with van der Waals surface area (Å²) in [7, 11) is -1.33. The SMILES string of the molecule is CNc1nc(N)nc2c1ncn2[C@@H]1O[C@@H](CO[Si](c2ccccc2)(c2ccccc2)C(C)(C)C)[C@@H](OC2CCCCO2)[C@]1(F)COC1CCCCO1. The molecule has 0 bridgehead atoms. The summed E-state index contributed by atoms with van der Waals surface area (Å²) in [6.07, 6.45) is 2.04. The molecule has 2 unspecified atom stereocenters. The van der Waals surface area contributed by atoms with Gasteiger partial charge in [0.15, 0.2) is 35.8 Å². The number of anilines is 2. The number of imidazole rings is 1. The molecule has 3 fully saturated rings. The van der Waals surface area contributed by atoms with Crippen LogP contribution in [0.5, 0.6) is 0 Å². The van der Waals surface area contributed by atoms with Crippen LogP contribution in [-0.4, -0.2) is 91.8 Å². The van der Waals surface area contributed by atoms with Crippen molar-refractivity contribution >= 4 is 41.6 Å². The summed E-state index contributed by atoms with van der Waals surface area (Å²) in [5.74, 6) is 0.438. The van der Waals surface area contributed by atoms with Gasteiger partial charge in [-0.1, -0.05) is 81.4 Å². The molecule has 3 aliphatic rings. The monoisotopic (exact) mass is 734 g/mol. The number of aromatic nitrogens is 4. The first-order chi connectivity index (χ1) is 25.1. The van der Waals surface area contributed by atoms with Crippen LogP contribution in [0.4, 0.5) is 16.2 Å². The quantitative estimate of drug-likeness (QED) is 0.189. The van der Waals surface area contributed by atoms with Crippen molar-refractivity contribution in [2.24, 2.45) is 0 Å². The summed E-state index contributed by atoms with van der Waals surface area (Å²) < 4.78 is 59.2. The predicted octanol–water partition coefficient (Wildman–Crippen LogP) is 5.09. The molecule has 3 N–H and O–H groups in total. The van der Waals surface area contributed by atoms with E-state index in [1.165, 1.54) is 6.33 Å². The van der Waals surface area contributed by atoms with Crippen LogP contribution >= 0.6 is 0 Å². The number of nitrogens with one attached hydrogen (secondary N) is 1. The predicted molar refractivity (Wildman–Crippen MR) is 199 cm³/mol. The van der Waals surface area contributed by atoms with E-state index in [1.54, 1.807) is 11.6 Å². The van der Waals surface area contributed by atoms with Gasteiger partial charge in [-0.3, -0.25) is 4.57 Å².